The lowest BCUT2D eigenvalue weighted by atomic mass is 9.89. The molecule has 0 bridgehead atoms. The van der Waals surface area contributed by atoms with Crippen molar-refractivity contribution in [3.63, 3.8) is 0 Å². The molecule has 34 heavy (non-hydrogen) atoms. The van der Waals surface area contributed by atoms with E-state index in [1.54, 1.807) is 0 Å². The lowest BCUT2D eigenvalue weighted by Crippen LogP contribution is -2.45. The number of aliphatic hydroxyl groups excluding tert-OH is 1. The van der Waals surface area contributed by atoms with Crippen molar-refractivity contribution in [1.82, 2.24) is 24.2 Å². The Hall–Kier alpha value is -2.48. The van der Waals surface area contributed by atoms with Crippen LogP contribution in [0.4, 0.5) is 5.82 Å². The predicted octanol–water partition coefficient (Wildman–Crippen LogP) is 4.13. The van der Waals surface area contributed by atoms with Crippen molar-refractivity contribution in [2.75, 3.05) is 45.2 Å². The maximum Gasteiger partial charge on any atom is 0.139 e. The predicted molar refractivity (Wildman–Crippen MR) is 136 cm³/mol. The van der Waals surface area contributed by atoms with Gasteiger partial charge < -0.3 is 14.9 Å². The van der Waals surface area contributed by atoms with E-state index in [0.29, 0.717) is 6.42 Å². The maximum atomic E-state index is 11.3. The molecule has 7 heteroatoms. The fraction of sp³-hybridized carbons (Fsp3) is 0.556. The zero-order valence-corrected chi connectivity index (χ0v) is 21.0. The van der Waals surface area contributed by atoms with Crippen LogP contribution in [0.5, 0.6) is 0 Å². The highest BCUT2D eigenvalue weighted by Gasteiger charge is 2.36. The van der Waals surface area contributed by atoms with Crippen LogP contribution in [0.1, 0.15) is 73.4 Å². The minimum absolute atomic E-state index is 0.150. The van der Waals surface area contributed by atoms with E-state index in [-0.39, 0.29) is 12.1 Å². The van der Waals surface area contributed by atoms with Gasteiger partial charge in [-0.3, -0.25) is 14.3 Å². The highest BCUT2D eigenvalue weighted by Crippen LogP contribution is 2.43. The Morgan fingerprint density at radius 1 is 1.00 bits per heavy atom. The number of aromatic nitrogens is 3. The summed E-state index contributed by atoms with van der Waals surface area (Å²) in [5.41, 5.74) is 5.31. The molecule has 5 heterocycles. The standard InChI is InChI=1S/C27H38N6O/c1-5-22(34)27-26(21-11-6-10-20(31(21)4)25-19(2)9-8-14-28-25)29-23-12-7-13-24(33(23)27)32-17-15-30(3)16-18-32/h7-9,12-14,20-22,34H,5-6,10-11,15-18H2,1-4H3/t20-,21?,22?/m0/s1. The van der Waals surface area contributed by atoms with E-state index in [0.717, 1.165) is 74.0 Å². The molecule has 7 nitrogen and oxygen atoms in total. The van der Waals surface area contributed by atoms with Crippen molar-refractivity contribution in [3.05, 3.63) is 59.2 Å². The monoisotopic (exact) mass is 462 g/mol. The number of nitrogens with zero attached hydrogens (tertiary/aromatic N) is 6. The van der Waals surface area contributed by atoms with Gasteiger partial charge in [-0.1, -0.05) is 19.1 Å². The quantitative estimate of drug-likeness (QED) is 0.615. The first-order valence-corrected chi connectivity index (χ1v) is 12.8. The van der Waals surface area contributed by atoms with E-state index in [4.69, 9.17) is 9.97 Å². The molecule has 5 rings (SSSR count). The summed E-state index contributed by atoms with van der Waals surface area (Å²) in [6, 6.07) is 10.9. The van der Waals surface area contributed by atoms with Gasteiger partial charge in [0.25, 0.3) is 0 Å². The van der Waals surface area contributed by atoms with Gasteiger partial charge in [0, 0.05) is 32.4 Å². The minimum atomic E-state index is -0.552. The summed E-state index contributed by atoms with van der Waals surface area (Å²) in [6.45, 7) is 8.25. The average molecular weight is 463 g/mol. The number of hydrogen-bond donors (Lipinski definition) is 1. The number of piperidine rings is 1. The molecule has 1 N–H and O–H groups in total. The Bertz CT molecular complexity index is 1140. The van der Waals surface area contributed by atoms with E-state index >= 15 is 0 Å². The molecule has 3 aromatic rings. The average Bonchev–Trinajstić information content (AvgIpc) is 3.24. The number of aryl methyl sites for hydroxylation is 1. The van der Waals surface area contributed by atoms with Crippen LogP contribution in [0.2, 0.25) is 0 Å². The van der Waals surface area contributed by atoms with Crippen molar-refractivity contribution in [1.29, 1.82) is 0 Å². The first-order chi connectivity index (χ1) is 16.5. The number of pyridine rings is 2. The van der Waals surface area contributed by atoms with Crippen LogP contribution in [-0.4, -0.2) is 69.5 Å². The zero-order valence-electron chi connectivity index (χ0n) is 21.0. The number of hydrogen-bond acceptors (Lipinski definition) is 6. The molecular formula is C27H38N6O. The molecule has 0 amide bonds. The third-order valence-corrected chi connectivity index (χ3v) is 7.84. The van der Waals surface area contributed by atoms with Gasteiger partial charge in [0.15, 0.2) is 0 Å². The number of likely N-dealkylation sites (N-methyl/N-ethyl adjacent to an activating group) is 1. The summed E-state index contributed by atoms with van der Waals surface area (Å²) < 4.78 is 2.23. The smallest absolute Gasteiger partial charge is 0.139 e. The maximum absolute atomic E-state index is 11.3. The van der Waals surface area contributed by atoms with Crippen LogP contribution in [-0.2, 0) is 0 Å². The first-order valence-electron chi connectivity index (χ1n) is 12.8. The van der Waals surface area contributed by atoms with Crippen LogP contribution in [0.25, 0.3) is 5.65 Å². The van der Waals surface area contributed by atoms with Gasteiger partial charge in [-0.2, -0.15) is 0 Å². The van der Waals surface area contributed by atoms with E-state index in [2.05, 4.69) is 71.3 Å². The fourth-order valence-corrected chi connectivity index (χ4v) is 5.79. The number of aliphatic hydroxyl groups is 1. The van der Waals surface area contributed by atoms with Crippen LogP contribution in [0.3, 0.4) is 0 Å². The summed E-state index contributed by atoms with van der Waals surface area (Å²) in [5, 5.41) is 11.3. The first kappa shape index (κ1) is 23.3. The molecule has 0 aliphatic carbocycles. The highest BCUT2D eigenvalue weighted by molar-refractivity contribution is 5.56. The molecule has 0 spiro atoms. The molecule has 2 aliphatic rings. The summed E-state index contributed by atoms with van der Waals surface area (Å²) in [7, 11) is 4.38. The fourth-order valence-electron chi connectivity index (χ4n) is 5.79. The summed E-state index contributed by atoms with van der Waals surface area (Å²) >= 11 is 0. The SMILES string of the molecule is CCC(O)c1c(C2CCC[C@@H](c3ncccc3C)N2C)nc2cccc(N3CCN(C)CC3)n12. The summed E-state index contributed by atoms with van der Waals surface area (Å²) in [5.74, 6) is 1.14. The number of likely N-dealkylation sites (tertiary alicyclic amines) is 1. The lowest BCUT2D eigenvalue weighted by Gasteiger charge is -2.39. The molecule has 3 atom stereocenters. The third kappa shape index (κ3) is 4.10. The van der Waals surface area contributed by atoms with Crippen molar-refractivity contribution in [2.45, 2.75) is 57.7 Å². The highest BCUT2D eigenvalue weighted by atomic mass is 16.3. The second kappa shape index (κ2) is 9.64. The molecule has 3 aromatic heterocycles. The minimum Gasteiger partial charge on any atom is -0.387 e. The molecule has 182 valence electrons. The Kier molecular flexibility index (Phi) is 6.60. The molecule has 0 aromatic carbocycles. The Morgan fingerprint density at radius 3 is 2.44 bits per heavy atom. The largest absolute Gasteiger partial charge is 0.387 e. The number of rotatable bonds is 5. The summed E-state index contributed by atoms with van der Waals surface area (Å²) in [4.78, 5) is 17.2. The number of imidazole rings is 1. The van der Waals surface area contributed by atoms with E-state index in [1.807, 2.05) is 12.3 Å². The molecule has 0 saturated carbocycles. The number of anilines is 1. The van der Waals surface area contributed by atoms with Gasteiger partial charge in [0.05, 0.1) is 35.3 Å². The van der Waals surface area contributed by atoms with Gasteiger partial charge in [0.2, 0.25) is 0 Å². The number of piperazine rings is 1. The van der Waals surface area contributed by atoms with E-state index in [1.165, 1.54) is 5.56 Å². The zero-order chi connectivity index (χ0) is 23.8. The van der Waals surface area contributed by atoms with Crippen molar-refractivity contribution >= 4 is 11.5 Å². The Morgan fingerprint density at radius 2 is 1.74 bits per heavy atom. The second-order valence-corrected chi connectivity index (χ2v) is 10.0. The lowest BCUT2D eigenvalue weighted by molar-refractivity contribution is 0.103. The van der Waals surface area contributed by atoms with Gasteiger partial charge in [-0.05, 0) is 70.5 Å². The second-order valence-electron chi connectivity index (χ2n) is 10.0. The summed E-state index contributed by atoms with van der Waals surface area (Å²) in [6.07, 6.45) is 5.27. The van der Waals surface area contributed by atoms with Crippen molar-refractivity contribution in [3.8, 4) is 0 Å². The third-order valence-electron chi connectivity index (χ3n) is 7.84. The Balaban J connectivity index is 1.59. The van der Waals surface area contributed by atoms with Crippen LogP contribution in [0, 0.1) is 6.92 Å². The van der Waals surface area contributed by atoms with Crippen molar-refractivity contribution in [2.24, 2.45) is 0 Å². The molecule has 2 saturated heterocycles. The van der Waals surface area contributed by atoms with Crippen LogP contribution < -0.4 is 4.90 Å². The van der Waals surface area contributed by atoms with Gasteiger partial charge >= 0.3 is 0 Å². The van der Waals surface area contributed by atoms with E-state index in [9.17, 15) is 5.11 Å². The normalized spacial score (nSPS) is 23.5. The van der Waals surface area contributed by atoms with E-state index < -0.39 is 6.10 Å². The molecule has 2 fully saturated rings. The van der Waals surface area contributed by atoms with Gasteiger partial charge in [-0.15, -0.1) is 0 Å². The van der Waals surface area contributed by atoms with Gasteiger partial charge in [-0.25, -0.2) is 4.98 Å². The molecular weight excluding hydrogens is 424 g/mol. The van der Waals surface area contributed by atoms with Crippen LogP contribution in [0.15, 0.2) is 36.5 Å². The Labute approximate surface area is 203 Å². The molecule has 0 radical (unpaired) electrons. The molecule has 2 aliphatic heterocycles. The van der Waals surface area contributed by atoms with Gasteiger partial charge in [0.1, 0.15) is 11.5 Å². The van der Waals surface area contributed by atoms with Crippen molar-refractivity contribution < 1.29 is 5.11 Å². The number of fused-ring (bicyclic) bond motifs is 1. The molecule has 2 unspecified atom stereocenters. The van der Waals surface area contributed by atoms with Crippen LogP contribution >= 0.6 is 0 Å². The topological polar surface area (TPSA) is 60.1 Å².